The van der Waals surface area contributed by atoms with Gasteiger partial charge in [-0.25, -0.2) is 4.68 Å². The standard InChI is InChI=1S/C14H12N4O2/c19-9-13-14(10-5-7-15-8-6-10)18(17-16-13)11-1-3-12(20)4-2-11/h1-8,19-20H,9H2. The molecule has 0 aliphatic carbocycles. The summed E-state index contributed by atoms with van der Waals surface area (Å²) in [5.74, 6) is 0.182. The lowest BCUT2D eigenvalue weighted by Gasteiger charge is -2.07. The molecule has 6 heteroatoms. The SMILES string of the molecule is OCc1nnn(-c2ccc(O)cc2)c1-c1ccncc1. The minimum Gasteiger partial charge on any atom is -0.508 e. The molecule has 0 aliphatic rings. The van der Waals surface area contributed by atoms with E-state index >= 15 is 0 Å². The van der Waals surface area contributed by atoms with Crippen molar-refractivity contribution in [2.75, 3.05) is 0 Å². The molecule has 2 N–H and O–H groups in total. The van der Waals surface area contributed by atoms with Gasteiger partial charge < -0.3 is 10.2 Å². The second-order valence-corrected chi connectivity index (χ2v) is 4.21. The van der Waals surface area contributed by atoms with Gasteiger partial charge in [-0.05, 0) is 36.4 Å². The lowest BCUT2D eigenvalue weighted by Crippen LogP contribution is -2.00. The number of phenolic OH excluding ortho intramolecular Hbond substituents is 1. The number of nitrogens with zero attached hydrogens (tertiary/aromatic N) is 4. The Hall–Kier alpha value is -2.73. The number of pyridine rings is 1. The highest BCUT2D eigenvalue weighted by atomic mass is 16.3. The number of aliphatic hydroxyl groups excluding tert-OH is 1. The maximum atomic E-state index is 9.41. The highest BCUT2D eigenvalue weighted by Crippen LogP contribution is 2.25. The summed E-state index contributed by atoms with van der Waals surface area (Å²) in [7, 11) is 0. The lowest BCUT2D eigenvalue weighted by molar-refractivity contribution is 0.277. The molecular formula is C14H12N4O2. The summed E-state index contributed by atoms with van der Waals surface area (Å²) in [6.07, 6.45) is 3.34. The van der Waals surface area contributed by atoms with E-state index in [1.54, 1.807) is 41.3 Å². The van der Waals surface area contributed by atoms with Gasteiger partial charge in [0.05, 0.1) is 12.3 Å². The van der Waals surface area contributed by atoms with Crippen molar-refractivity contribution in [1.82, 2.24) is 20.0 Å². The zero-order chi connectivity index (χ0) is 13.9. The van der Waals surface area contributed by atoms with Crippen LogP contribution < -0.4 is 0 Å². The fourth-order valence-corrected chi connectivity index (χ4v) is 1.99. The Morgan fingerprint density at radius 2 is 1.70 bits per heavy atom. The first-order valence-electron chi connectivity index (χ1n) is 6.05. The zero-order valence-corrected chi connectivity index (χ0v) is 10.5. The molecule has 0 atom stereocenters. The molecule has 2 heterocycles. The van der Waals surface area contributed by atoms with Crippen LogP contribution in [0.2, 0.25) is 0 Å². The van der Waals surface area contributed by atoms with Gasteiger partial charge in [0.15, 0.2) is 0 Å². The van der Waals surface area contributed by atoms with Crippen LogP contribution in [0.4, 0.5) is 0 Å². The molecule has 1 aromatic carbocycles. The van der Waals surface area contributed by atoms with Crippen LogP contribution in [-0.4, -0.2) is 30.2 Å². The number of aliphatic hydroxyl groups is 1. The predicted molar refractivity (Wildman–Crippen MR) is 72.2 cm³/mol. The average molecular weight is 268 g/mol. The summed E-state index contributed by atoms with van der Waals surface area (Å²) >= 11 is 0. The predicted octanol–water partition coefficient (Wildman–Crippen LogP) is 1.53. The van der Waals surface area contributed by atoms with Crippen LogP contribution in [0.25, 0.3) is 16.9 Å². The Morgan fingerprint density at radius 3 is 2.35 bits per heavy atom. The number of aromatic nitrogens is 4. The van der Waals surface area contributed by atoms with E-state index in [1.807, 2.05) is 12.1 Å². The molecule has 0 spiro atoms. The van der Waals surface area contributed by atoms with Gasteiger partial charge >= 0.3 is 0 Å². The molecule has 0 unspecified atom stereocenters. The average Bonchev–Trinajstić information content (AvgIpc) is 2.93. The van der Waals surface area contributed by atoms with Gasteiger partial charge in [0.25, 0.3) is 0 Å². The van der Waals surface area contributed by atoms with Gasteiger partial charge in [0.1, 0.15) is 17.1 Å². The van der Waals surface area contributed by atoms with Gasteiger partial charge in [0.2, 0.25) is 0 Å². The van der Waals surface area contributed by atoms with Gasteiger partial charge in [-0.1, -0.05) is 5.21 Å². The molecule has 3 aromatic rings. The Labute approximate surface area is 115 Å². The van der Waals surface area contributed by atoms with E-state index in [4.69, 9.17) is 0 Å². The number of hydrogen-bond acceptors (Lipinski definition) is 5. The maximum absolute atomic E-state index is 9.41. The van der Waals surface area contributed by atoms with Crippen LogP contribution in [0, 0.1) is 0 Å². The van der Waals surface area contributed by atoms with E-state index in [2.05, 4.69) is 15.3 Å². The third kappa shape index (κ3) is 2.12. The molecule has 0 fully saturated rings. The molecular weight excluding hydrogens is 256 g/mol. The topological polar surface area (TPSA) is 84.1 Å². The molecule has 0 amide bonds. The molecule has 6 nitrogen and oxygen atoms in total. The van der Waals surface area contributed by atoms with Gasteiger partial charge in [0, 0.05) is 18.0 Å². The fourth-order valence-electron chi connectivity index (χ4n) is 1.99. The lowest BCUT2D eigenvalue weighted by atomic mass is 10.1. The third-order valence-electron chi connectivity index (χ3n) is 2.94. The van der Waals surface area contributed by atoms with Crippen molar-refractivity contribution < 1.29 is 10.2 Å². The molecule has 0 bridgehead atoms. The third-order valence-corrected chi connectivity index (χ3v) is 2.94. The molecule has 0 saturated carbocycles. The number of benzene rings is 1. The van der Waals surface area contributed by atoms with E-state index in [0.717, 1.165) is 11.3 Å². The maximum Gasteiger partial charge on any atom is 0.117 e. The van der Waals surface area contributed by atoms with E-state index in [9.17, 15) is 10.2 Å². The Bertz CT molecular complexity index is 708. The van der Waals surface area contributed by atoms with Crippen LogP contribution in [0.3, 0.4) is 0 Å². The number of aromatic hydroxyl groups is 1. The number of rotatable bonds is 3. The summed E-state index contributed by atoms with van der Waals surface area (Å²) in [5, 5.41) is 26.8. The quantitative estimate of drug-likeness (QED) is 0.752. The van der Waals surface area contributed by atoms with Gasteiger partial charge in [-0.3, -0.25) is 4.98 Å². The summed E-state index contributed by atoms with van der Waals surface area (Å²) in [6.45, 7) is -0.199. The summed E-state index contributed by atoms with van der Waals surface area (Å²) in [6, 6.07) is 10.3. The minimum atomic E-state index is -0.199. The van der Waals surface area contributed by atoms with Gasteiger partial charge in [-0.15, -0.1) is 5.10 Å². The summed E-state index contributed by atoms with van der Waals surface area (Å²) < 4.78 is 1.63. The summed E-state index contributed by atoms with van der Waals surface area (Å²) in [5.41, 5.74) is 2.81. The monoisotopic (exact) mass is 268 g/mol. The highest BCUT2D eigenvalue weighted by molar-refractivity contribution is 5.63. The molecule has 0 saturated heterocycles. The second-order valence-electron chi connectivity index (χ2n) is 4.21. The number of phenols is 1. The molecule has 0 radical (unpaired) electrons. The van der Waals surface area contributed by atoms with Crippen LogP contribution in [-0.2, 0) is 6.61 Å². The van der Waals surface area contributed by atoms with Gasteiger partial charge in [-0.2, -0.15) is 0 Å². The normalized spacial score (nSPS) is 10.7. The van der Waals surface area contributed by atoms with Crippen molar-refractivity contribution in [3.05, 3.63) is 54.5 Å². The van der Waals surface area contributed by atoms with Crippen LogP contribution >= 0.6 is 0 Å². The van der Waals surface area contributed by atoms with Crippen molar-refractivity contribution in [3.63, 3.8) is 0 Å². The first-order chi connectivity index (χ1) is 9.79. The Balaban J connectivity index is 2.17. The molecule has 100 valence electrons. The van der Waals surface area contributed by atoms with Crippen molar-refractivity contribution in [1.29, 1.82) is 0 Å². The van der Waals surface area contributed by atoms with Crippen molar-refractivity contribution >= 4 is 0 Å². The Kier molecular flexibility index (Phi) is 3.14. The number of hydrogen-bond donors (Lipinski definition) is 2. The fraction of sp³-hybridized carbons (Fsp3) is 0.0714. The van der Waals surface area contributed by atoms with Crippen LogP contribution in [0.1, 0.15) is 5.69 Å². The summed E-state index contributed by atoms with van der Waals surface area (Å²) in [4.78, 5) is 3.98. The minimum absolute atomic E-state index is 0.182. The first kappa shape index (κ1) is 12.3. The zero-order valence-electron chi connectivity index (χ0n) is 10.5. The van der Waals surface area contributed by atoms with E-state index in [-0.39, 0.29) is 12.4 Å². The second kappa shape index (κ2) is 5.10. The van der Waals surface area contributed by atoms with Crippen LogP contribution in [0.5, 0.6) is 5.75 Å². The van der Waals surface area contributed by atoms with Crippen molar-refractivity contribution in [2.24, 2.45) is 0 Å². The van der Waals surface area contributed by atoms with Crippen molar-refractivity contribution in [3.8, 4) is 22.7 Å². The Morgan fingerprint density at radius 1 is 1.00 bits per heavy atom. The molecule has 2 aromatic heterocycles. The first-order valence-corrected chi connectivity index (χ1v) is 6.05. The van der Waals surface area contributed by atoms with Crippen molar-refractivity contribution in [2.45, 2.75) is 6.61 Å². The van der Waals surface area contributed by atoms with E-state index in [0.29, 0.717) is 11.4 Å². The van der Waals surface area contributed by atoms with Crippen LogP contribution in [0.15, 0.2) is 48.8 Å². The van der Waals surface area contributed by atoms with E-state index in [1.165, 1.54) is 0 Å². The largest absolute Gasteiger partial charge is 0.508 e. The molecule has 0 aliphatic heterocycles. The smallest absolute Gasteiger partial charge is 0.117 e. The van der Waals surface area contributed by atoms with E-state index < -0.39 is 0 Å². The highest BCUT2D eigenvalue weighted by Gasteiger charge is 2.15. The molecule has 20 heavy (non-hydrogen) atoms. The molecule has 3 rings (SSSR count).